The van der Waals surface area contributed by atoms with E-state index in [2.05, 4.69) is 47.0 Å². The molecule has 4 aromatic carbocycles. The highest BCUT2D eigenvalue weighted by Gasteiger charge is 2.08. The molecule has 0 aliphatic rings. The van der Waals surface area contributed by atoms with E-state index in [0.717, 1.165) is 35.2 Å². The molecule has 3 N–H and O–H groups in total. The molecule has 0 heterocycles. The topological polar surface area (TPSA) is 83.0 Å². The number of phenolic OH excluding ortho intramolecular Hbond substituents is 1. The van der Waals surface area contributed by atoms with Crippen LogP contribution in [0.1, 0.15) is 27.0 Å². The summed E-state index contributed by atoms with van der Waals surface area (Å²) in [6, 6.07) is 24.4. The van der Waals surface area contributed by atoms with E-state index in [4.69, 9.17) is 16.3 Å². The van der Waals surface area contributed by atoms with Crippen molar-refractivity contribution in [1.29, 1.82) is 0 Å². The average molecular weight is 488 g/mol. The van der Waals surface area contributed by atoms with E-state index in [1.165, 1.54) is 29.3 Å². The number of benzene rings is 4. The Morgan fingerprint density at radius 3 is 2.57 bits per heavy atom. The molecule has 0 aliphatic carbocycles. The number of amides is 1. The summed E-state index contributed by atoms with van der Waals surface area (Å²) in [6.45, 7) is 4.13. The predicted octanol–water partition coefficient (Wildman–Crippen LogP) is 5.44. The van der Waals surface area contributed by atoms with Gasteiger partial charge in [-0.25, -0.2) is 5.43 Å². The van der Waals surface area contributed by atoms with Crippen LogP contribution in [0.15, 0.2) is 84.0 Å². The van der Waals surface area contributed by atoms with Crippen LogP contribution in [0.3, 0.4) is 0 Å². The molecular weight excluding hydrogens is 462 g/mol. The van der Waals surface area contributed by atoms with Crippen LogP contribution in [0, 0.1) is 6.92 Å². The average Bonchev–Trinajstić information content (AvgIpc) is 2.87. The first kappa shape index (κ1) is 24.3. The minimum Gasteiger partial charge on any atom is -0.506 e. The molecule has 35 heavy (non-hydrogen) atoms. The van der Waals surface area contributed by atoms with Crippen molar-refractivity contribution < 1.29 is 14.6 Å². The molecule has 178 valence electrons. The highest BCUT2D eigenvalue weighted by atomic mass is 35.5. The molecule has 1 amide bonds. The van der Waals surface area contributed by atoms with Crippen LogP contribution in [0.4, 0.5) is 0 Å². The third-order valence-corrected chi connectivity index (χ3v) is 5.79. The fourth-order valence-electron chi connectivity index (χ4n) is 3.58. The second kappa shape index (κ2) is 11.5. The maximum absolute atomic E-state index is 12.3. The zero-order valence-corrected chi connectivity index (χ0v) is 20.0. The summed E-state index contributed by atoms with van der Waals surface area (Å²) in [5, 5.41) is 19.0. The molecule has 4 aromatic rings. The Morgan fingerprint density at radius 1 is 1.03 bits per heavy atom. The van der Waals surface area contributed by atoms with E-state index in [0.29, 0.717) is 12.2 Å². The first-order chi connectivity index (χ1) is 17.0. The summed E-state index contributed by atoms with van der Waals surface area (Å²) in [4.78, 5) is 12.3. The van der Waals surface area contributed by atoms with Crippen LogP contribution in [0.5, 0.6) is 11.5 Å². The molecule has 6 nitrogen and oxygen atoms in total. The van der Waals surface area contributed by atoms with Crippen molar-refractivity contribution in [2.24, 2.45) is 5.10 Å². The molecule has 7 heteroatoms. The van der Waals surface area contributed by atoms with Gasteiger partial charge in [-0.3, -0.25) is 4.79 Å². The van der Waals surface area contributed by atoms with Crippen LogP contribution in [-0.4, -0.2) is 30.4 Å². The number of hydrogen-bond acceptors (Lipinski definition) is 5. The normalized spacial score (nSPS) is 11.1. The van der Waals surface area contributed by atoms with E-state index in [9.17, 15) is 9.90 Å². The molecule has 0 unspecified atom stereocenters. The number of halogens is 1. The van der Waals surface area contributed by atoms with Crippen molar-refractivity contribution in [3.05, 3.63) is 106 Å². The van der Waals surface area contributed by atoms with Gasteiger partial charge in [0.25, 0.3) is 5.91 Å². The van der Waals surface area contributed by atoms with E-state index in [1.54, 1.807) is 6.21 Å². The van der Waals surface area contributed by atoms with Gasteiger partial charge in [0.1, 0.15) is 18.1 Å². The second-order valence-corrected chi connectivity index (χ2v) is 8.48. The SMILES string of the molecule is Cc1ccc(CNCCOc2ccc(/C=N/NC(=O)c3ccc(O)c(Cl)c3)c3ccccc23)cc1. The van der Waals surface area contributed by atoms with E-state index in [1.807, 2.05) is 36.4 Å². The van der Waals surface area contributed by atoms with Gasteiger partial charge in [-0.1, -0.05) is 65.7 Å². The third kappa shape index (κ3) is 6.38. The molecule has 0 fully saturated rings. The minimum atomic E-state index is -0.425. The summed E-state index contributed by atoms with van der Waals surface area (Å²) >= 11 is 5.87. The lowest BCUT2D eigenvalue weighted by molar-refractivity contribution is 0.0955. The van der Waals surface area contributed by atoms with Gasteiger partial charge in [-0.05, 0) is 48.2 Å². The van der Waals surface area contributed by atoms with E-state index < -0.39 is 5.91 Å². The number of hydrazone groups is 1. The van der Waals surface area contributed by atoms with Crippen molar-refractivity contribution in [1.82, 2.24) is 10.7 Å². The second-order valence-electron chi connectivity index (χ2n) is 8.07. The Morgan fingerprint density at radius 2 is 1.80 bits per heavy atom. The number of fused-ring (bicyclic) bond motifs is 1. The molecule has 0 spiro atoms. The molecular formula is C28H26ClN3O3. The summed E-state index contributed by atoms with van der Waals surface area (Å²) in [5.41, 5.74) is 6.12. The standard InChI is InChI=1S/C28H26ClN3O3/c1-19-6-8-20(9-7-19)17-30-14-15-35-27-13-11-22(23-4-2-3-5-24(23)27)18-31-32-28(34)21-10-12-26(33)25(29)16-21/h2-13,16,18,30,33H,14-15,17H2,1H3,(H,32,34)/b31-18+. The molecule has 0 aliphatic heterocycles. The lowest BCUT2D eigenvalue weighted by atomic mass is 10.0. The highest BCUT2D eigenvalue weighted by Crippen LogP contribution is 2.28. The molecule has 0 aromatic heterocycles. The molecule has 0 saturated heterocycles. The van der Waals surface area contributed by atoms with Gasteiger partial charge in [0.05, 0.1) is 11.2 Å². The molecule has 4 rings (SSSR count). The number of phenols is 1. The zero-order valence-electron chi connectivity index (χ0n) is 19.3. The number of nitrogens with zero attached hydrogens (tertiary/aromatic N) is 1. The molecule has 0 radical (unpaired) electrons. The summed E-state index contributed by atoms with van der Waals surface area (Å²) in [6.07, 6.45) is 1.59. The molecule has 0 saturated carbocycles. The van der Waals surface area contributed by atoms with Crippen molar-refractivity contribution in [3.8, 4) is 11.5 Å². The Labute approximate surface area is 209 Å². The number of carbonyl (C=O) groups excluding carboxylic acids is 1. The Kier molecular flexibility index (Phi) is 7.98. The number of hydrogen-bond donors (Lipinski definition) is 3. The number of carbonyl (C=O) groups is 1. The number of nitrogens with one attached hydrogen (secondary N) is 2. The summed E-state index contributed by atoms with van der Waals surface area (Å²) < 4.78 is 6.04. The molecule has 0 atom stereocenters. The predicted molar refractivity (Wildman–Crippen MR) is 141 cm³/mol. The van der Waals surface area contributed by atoms with Crippen molar-refractivity contribution in [2.45, 2.75) is 13.5 Å². The Hall–Kier alpha value is -3.87. The summed E-state index contributed by atoms with van der Waals surface area (Å²) in [7, 11) is 0. The fraction of sp³-hybridized carbons (Fsp3) is 0.143. The van der Waals surface area contributed by atoms with Crippen LogP contribution in [-0.2, 0) is 6.54 Å². The van der Waals surface area contributed by atoms with Crippen LogP contribution < -0.4 is 15.5 Å². The van der Waals surface area contributed by atoms with Gasteiger partial charge in [-0.15, -0.1) is 0 Å². The van der Waals surface area contributed by atoms with Crippen LogP contribution in [0.25, 0.3) is 10.8 Å². The number of ether oxygens (including phenoxy) is 1. The van der Waals surface area contributed by atoms with Gasteiger partial charge in [0.2, 0.25) is 0 Å². The lowest BCUT2D eigenvalue weighted by Crippen LogP contribution is -2.20. The molecule has 0 bridgehead atoms. The van der Waals surface area contributed by atoms with Gasteiger partial charge in [0, 0.05) is 29.6 Å². The maximum atomic E-state index is 12.3. The largest absolute Gasteiger partial charge is 0.506 e. The minimum absolute atomic E-state index is 0.0810. The van der Waals surface area contributed by atoms with Crippen molar-refractivity contribution in [2.75, 3.05) is 13.2 Å². The Bertz CT molecular complexity index is 1350. The van der Waals surface area contributed by atoms with Crippen molar-refractivity contribution >= 4 is 34.5 Å². The third-order valence-electron chi connectivity index (χ3n) is 5.48. The van der Waals surface area contributed by atoms with Gasteiger partial charge in [0.15, 0.2) is 0 Å². The number of aryl methyl sites for hydroxylation is 1. The van der Waals surface area contributed by atoms with Crippen LogP contribution in [0.2, 0.25) is 5.02 Å². The highest BCUT2D eigenvalue weighted by molar-refractivity contribution is 6.32. The number of aromatic hydroxyl groups is 1. The first-order valence-electron chi connectivity index (χ1n) is 11.2. The van der Waals surface area contributed by atoms with Gasteiger partial charge >= 0.3 is 0 Å². The van der Waals surface area contributed by atoms with E-state index in [-0.39, 0.29) is 10.8 Å². The first-order valence-corrected chi connectivity index (χ1v) is 11.6. The fourth-order valence-corrected chi connectivity index (χ4v) is 3.76. The van der Waals surface area contributed by atoms with E-state index >= 15 is 0 Å². The monoisotopic (exact) mass is 487 g/mol. The summed E-state index contributed by atoms with van der Waals surface area (Å²) in [5.74, 6) is 0.283. The number of rotatable bonds is 9. The van der Waals surface area contributed by atoms with Gasteiger partial charge < -0.3 is 15.2 Å². The van der Waals surface area contributed by atoms with Crippen LogP contribution >= 0.6 is 11.6 Å². The lowest BCUT2D eigenvalue weighted by Gasteiger charge is -2.12. The zero-order chi connectivity index (χ0) is 24.6. The Balaban J connectivity index is 1.36. The quantitative estimate of drug-likeness (QED) is 0.167. The maximum Gasteiger partial charge on any atom is 0.271 e. The van der Waals surface area contributed by atoms with Gasteiger partial charge in [-0.2, -0.15) is 5.10 Å². The smallest absolute Gasteiger partial charge is 0.271 e. The van der Waals surface area contributed by atoms with Crippen molar-refractivity contribution in [3.63, 3.8) is 0 Å².